The van der Waals surface area contributed by atoms with Crippen molar-refractivity contribution in [2.24, 2.45) is 0 Å². The van der Waals surface area contributed by atoms with E-state index in [1.165, 1.54) is 17.3 Å². The Balaban J connectivity index is 1.86. The quantitative estimate of drug-likeness (QED) is 0.909. The van der Waals surface area contributed by atoms with E-state index in [1.807, 2.05) is 0 Å². The Kier molecular flexibility index (Phi) is 4.40. The third-order valence-electron chi connectivity index (χ3n) is 3.16. The van der Waals surface area contributed by atoms with Gasteiger partial charge in [-0.1, -0.05) is 0 Å². The minimum absolute atomic E-state index is 0.234. The van der Waals surface area contributed by atoms with Crippen LogP contribution in [0.25, 0.3) is 0 Å². The topological polar surface area (TPSA) is 54.3 Å². The van der Waals surface area contributed by atoms with Gasteiger partial charge in [0.1, 0.15) is 0 Å². The number of aromatic nitrogens is 1. The summed E-state index contributed by atoms with van der Waals surface area (Å²) < 4.78 is 64.1. The Bertz CT molecular complexity index is 520. The molecule has 114 valence electrons. The second-order valence-corrected chi connectivity index (χ2v) is 6.41. The van der Waals surface area contributed by atoms with Gasteiger partial charge in [0.05, 0.1) is 6.54 Å². The van der Waals surface area contributed by atoms with Crippen molar-refractivity contribution in [3.8, 4) is 0 Å². The second kappa shape index (κ2) is 5.74. The highest BCUT2D eigenvalue weighted by Crippen LogP contribution is 2.20. The zero-order chi connectivity index (χ0) is 14.8. The zero-order valence-corrected chi connectivity index (χ0v) is 11.5. The number of hydrogen-bond acceptors (Lipinski definition) is 3. The van der Waals surface area contributed by atoms with Gasteiger partial charge in [0.15, 0.2) is 0 Å². The maximum absolute atomic E-state index is 12.2. The van der Waals surface area contributed by atoms with E-state index in [1.54, 1.807) is 12.1 Å². The summed E-state index contributed by atoms with van der Waals surface area (Å²) >= 11 is 0. The third kappa shape index (κ3) is 4.22. The van der Waals surface area contributed by atoms with Crippen molar-refractivity contribution >= 4 is 10.2 Å². The molecule has 2 rings (SSSR count). The first-order valence-corrected chi connectivity index (χ1v) is 7.65. The van der Waals surface area contributed by atoms with Crippen LogP contribution in [-0.4, -0.2) is 49.1 Å². The molecule has 0 saturated carbocycles. The molecule has 20 heavy (non-hydrogen) atoms. The van der Waals surface area contributed by atoms with Gasteiger partial charge in [0.2, 0.25) is 0 Å². The van der Waals surface area contributed by atoms with Crippen molar-refractivity contribution in [1.82, 2.24) is 13.6 Å². The lowest BCUT2D eigenvalue weighted by molar-refractivity contribution is -0.148. The monoisotopic (exact) mass is 311 g/mol. The normalized spacial score (nSPS) is 19.4. The average Bonchev–Trinajstić information content (AvgIpc) is 2.84. The maximum atomic E-state index is 12.2. The van der Waals surface area contributed by atoms with Gasteiger partial charge in [-0.25, -0.2) is 3.97 Å². The Morgan fingerprint density at radius 1 is 1.15 bits per heavy atom. The van der Waals surface area contributed by atoms with Crippen LogP contribution in [0.1, 0.15) is 12.8 Å². The Morgan fingerprint density at radius 2 is 1.70 bits per heavy atom. The van der Waals surface area contributed by atoms with Gasteiger partial charge >= 0.3 is 16.4 Å². The number of rotatable bonds is 4. The van der Waals surface area contributed by atoms with E-state index < -0.39 is 22.9 Å². The summed E-state index contributed by atoms with van der Waals surface area (Å²) in [5.41, 5.74) is 0. The fraction of sp³-hybridized carbons (Fsp3) is 0.636. The fourth-order valence-electron chi connectivity index (χ4n) is 2.21. The van der Waals surface area contributed by atoms with Crippen molar-refractivity contribution in [1.29, 1.82) is 0 Å². The Labute approximate surface area is 115 Å². The van der Waals surface area contributed by atoms with Crippen molar-refractivity contribution in [3.63, 3.8) is 0 Å². The van der Waals surface area contributed by atoms with Crippen molar-refractivity contribution in [3.05, 3.63) is 24.5 Å². The highest BCUT2D eigenvalue weighted by Gasteiger charge is 2.33. The summed E-state index contributed by atoms with van der Waals surface area (Å²) in [6.45, 7) is -0.471. The maximum Gasteiger partial charge on any atom is 0.401 e. The van der Waals surface area contributed by atoms with Crippen molar-refractivity contribution in [2.75, 3.05) is 19.6 Å². The molecule has 0 aliphatic carbocycles. The van der Waals surface area contributed by atoms with Crippen LogP contribution in [0.2, 0.25) is 0 Å². The van der Waals surface area contributed by atoms with Gasteiger partial charge in [-0.15, -0.1) is 0 Å². The molecule has 0 spiro atoms. The Hall–Kier alpha value is -1.06. The summed E-state index contributed by atoms with van der Waals surface area (Å²) in [7, 11) is -3.64. The number of nitrogens with zero attached hydrogens (tertiary/aromatic N) is 2. The van der Waals surface area contributed by atoms with Crippen LogP contribution in [0.3, 0.4) is 0 Å². The zero-order valence-electron chi connectivity index (χ0n) is 10.7. The molecule has 0 radical (unpaired) electrons. The molecular formula is C11H16F3N3O2S. The van der Waals surface area contributed by atoms with Crippen LogP contribution < -0.4 is 4.72 Å². The summed E-state index contributed by atoms with van der Waals surface area (Å²) in [6, 6.07) is 2.85. The number of likely N-dealkylation sites (tertiary alicyclic amines) is 1. The molecule has 1 N–H and O–H groups in total. The molecule has 0 atom stereocenters. The SMILES string of the molecule is O=S(=O)(NC1CCN(CC(F)(F)F)CC1)n1cccc1. The highest BCUT2D eigenvalue weighted by molar-refractivity contribution is 7.88. The molecule has 2 heterocycles. The lowest BCUT2D eigenvalue weighted by atomic mass is 10.1. The van der Waals surface area contributed by atoms with E-state index in [4.69, 9.17) is 0 Å². The van der Waals surface area contributed by atoms with Crippen LogP contribution in [0.15, 0.2) is 24.5 Å². The van der Waals surface area contributed by atoms with Crippen molar-refractivity contribution < 1.29 is 21.6 Å². The second-order valence-electron chi connectivity index (χ2n) is 4.80. The number of hydrogen-bond donors (Lipinski definition) is 1. The molecule has 9 heteroatoms. The number of piperidine rings is 1. The van der Waals surface area contributed by atoms with E-state index >= 15 is 0 Å². The van der Waals surface area contributed by atoms with Crippen LogP contribution in [0.4, 0.5) is 13.2 Å². The summed E-state index contributed by atoms with van der Waals surface area (Å²) in [6.07, 6.45) is -0.660. The molecule has 0 bridgehead atoms. The lowest BCUT2D eigenvalue weighted by Crippen LogP contribution is -2.47. The van der Waals surface area contributed by atoms with E-state index in [0.717, 1.165) is 3.97 Å². The molecule has 1 aliphatic rings. The number of halogens is 3. The van der Waals surface area contributed by atoms with E-state index in [2.05, 4.69) is 4.72 Å². The first kappa shape index (κ1) is 15.3. The van der Waals surface area contributed by atoms with E-state index in [9.17, 15) is 21.6 Å². The van der Waals surface area contributed by atoms with Gasteiger partial charge in [-0.05, 0) is 38.1 Å². The van der Waals surface area contributed by atoms with Gasteiger partial charge in [-0.3, -0.25) is 4.90 Å². The summed E-state index contributed by atoms with van der Waals surface area (Å²) in [5.74, 6) is 0. The molecule has 1 aromatic rings. The van der Waals surface area contributed by atoms with Crippen LogP contribution in [-0.2, 0) is 10.2 Å². The van der Waals surface area contributed by atoms with Crippen LogP contribution in [0.5, 0.6) is 0 Å². The molecule has 1 aliphatic heterocycles. The third-order valence-corrected chi connectivity index (χ3v) is 4.59. The van der Waals surface area contributed by atoms with Gasteiger partial charge in [-0.2, -0.15) is 26.3 Å². The predicted molar refractivity (Wildman–Crippen MR) is 67.4 cm³/mol. The molecule has 0 unspecified atom stereocenters. The standard InChI is InChI=1S/C11H16F3N3O2S/c12-11(13,14)9-16-7-3-10(4-8-16)15-20(18,19)17-5-1-2-6-17/h1-2,5-6,10,15H,3-4,7-9H2. The smallest absolute Gasteiger partial charge is 0.295 e. The Morgan fingerprint density at radius 3 is 2.20 bits per heavy atom. The predicted octanol–water partition coefficient (Wildman–Crippen LogP) is 1.20. The molecular weight excluding hydrogens is 295 g/mol. The fourth-order valence-corrected chi connectivity index (χ4v) is 3.45. The summed E-state index contributed by atoms with van der Waals surface area (Å²) in [4.78, 5) is 1.29. The van der Waals surface area contributed by atoms with Gasteiger partial charge in [0, 0.05) is 18.4 Å². The molecule has 1 saturated heterocycles. The lowest BCUT2D eigenvalue weighted by Gasteiger charge is -2.32. The number of nitrogens with one attached hydrogen (secondary N) is 1. The van der Waals surface area contributed by atoms with Gasteiger partial charge in [0.25, 0.3) is 0 Å². The largest absolute Gasteiger partial charge is 0.401 e. The molecule has 5 nitrogen and oxygen atoms in total. The summed E-state index contributed by atoms with van der Waals surface area (Å²) in [5, 5.41) is 0. The first-order valence-electron chi connectivity index (χ1n) is 6.21. The van der Waals surface area contributed by atoms with Crippen LogP contribution in [0, 0.1) is 0 Å². The molecule has 1 fully saturated rings. The van der Waals surface area contributed by atoms with Crippen LogP contribution >= 0.6 is 0 Å². The molecule has 0 amide bonds. The first-order chi connectivity index (χ1) is 9.26. The van der Waals surface area contributed by atoms with E-state index in [-0.39, 0.29) is 19.1 Å². The molecule has 1 aromatic heterocycles. The van der Waals surface area contributed by atoms with Crippen molar-refractivity contribution in [2.45, 2.75) is 25.1 Å². The average molecular weight is 311 g/mol. The van der Waals surface area contributed by atoms with E-state index in [0.29, 0.717) is 12.8 Å². The molecule has 0 aromatic carbocycles. The highest BCUT2D eigenvalue weighted by atomic mass is 32.2. The number of alkyl halides is 3. The van der Waals surface area contributed by atoms with Gasteiger partial charge < -0.3 is 0 Å². The minimum atomic E-state index is -4.21. The minimum Gasteiger partial charge on any atom is -0.295 e.